The Labute approximate surface area is 162 Å². The first-order valence-corrected chi connectivity index (χ1v) is 10.7. The van der Waals surface area contributed by atoms with Crippen molar-refractivity contribution in [2.75, 3.05) is 26.2 Å². The molecule has 1 atom stereocenters. The van der Waals surface area contributed by atoms with Crippen LogP contribution in [-0.4, -0.2) is 53.8 Å². The molecule has 0 bridgehead atoms. The van der Waals surface area contributed by atoms with Crippen LogP contribution in [0, 0.1) is 5.92 Å². The average Bonchev–Trinajstić information content (AvgIpc) is 3.33. The van der Waals surface area contributed by atoms with E-state index in [0.717, 1.165) is 19.6 Å². The Morgan fingerprint density at radius 2 is 1.92 bits per heavy atom. The summed E-state index contributed by atoms with van der Waals surface area (Å²) in [6.45, 7) is 8.04. The lowest BCUT2D eigenvalue weighted by Crippen LogP contribution is -2.56. The van der Waals surface area contributed by atoms with Crippen LogP contribution in [0.5, 0.6) is 0 Å². The third-order valence-electron chi connectivity index (χ3n) is 4.63. The number of nitrogens with one attached hydrogen (secondary N) is 1. The summed E-state index contributed by atoms with van der Waals surface area (Å²) in [7, 11) is 0. The van der Waals surface area contributed by atoms with E-state index in [0.29, 0.717) is 18.0 Å². The topological polar surface area (TPSA) is 52.7 Å². The van der Waals surface area contributed by atoms with Crippen LogP contribution in [0.4, 0.5) is 0 Å². The second-order valence-electron chi connectivity index (χ2n) is 6.91. The van der Waals surface area contributed by atoms with Crippen LogP contribution in [0.2, 0.25) is 0 Å². The Bertz CT molecular complexity index is 705. The van der Waals surface area contributed by atoms with E-state index in [4.69, 9.17) is 0 Å². The minimum atomic E-state index is -0.479. The maximum Gasteiger partial charge on any atom is 0.262 e. The number of nitrogens with zero attached hydrogens (tertiary/aromatic N) is 2. The van der Waals surface area contributed by atoms with Crippen LogP contribution in [-0.2, 0) is 11.3 Å². The SMILES string of the molecule is CC(C)[C@H](NC(=O)c1cccs1)C(=O)N1CCN(Cc2ccsc2)CC1. The number of thiophene rings is 2. The number of carbonyl (C=O) groups is 2. The normalized spacial score (nSPS) is 16.7. The van der Waals surface area contributed by atoms with E-state index in [1.807, 2.05) is 30.2 Å². The monoisotopic (exact) mass is 391 g/mol. The molecule has 3 rings (SSSR count). The molecule has 1 N–H and O–H groups in total. The first kappa shape index (κ1) is 19.1. The zero-order valence-corrected chi connectivity index (χ0v) is 16.8. The Balaban J connectivity index is 1.55. The highest BCUT2D eigenvalue weighted by Gasteiger charge is 2.31. The van der Waals surface area contributed by atoms with E-state index in [9.17, 15) is 9.59 Å². The highest BCUT2D eigenvalue weighted by molar-refractivity contribution is 7.12. The van der Waals surface area contributed by atoms with Crippen LogP contribution < -0.4 is 5.32 Å². The maximum atomic E-state index is 13.0. The second-order valence-corrected chi connectivity index (χ2v) is 8.63. The van der Waals surface area contributed by atoms with Gasteiger partial charge in [-0.15, -0.1) is 11.3 Å². The Hall–Kier alpha value is -1.70. The molecule has 0 unspecified atom stereocenters. The van der Waals surface area contributed by atoms with Crippen LogP contribution in [0.1, 0.15) is 29.1 Å². The predicted octanol–water partition coefficient (Wildman–Crippen LogP) is 2.91. The number of amides is 2. The number of hydrogen-bond donors (Lipinski definition) is 1. The van der Waals surface area contributed by atoms with Gasteiger partial charge in [0.15, 0.2) is 0 Å². The van der Waals surface area contributed by atoms with Gasteiger partial charge >= 0.3 is 0 Å². The number of piperazine rings is 1. The van der Waals surface area contributed by atoms with Crippen LogP contribution in [0.25, 0.3) is 0 Å². The Morgan fingerprint density at radius 1 is 1.15 bits per heavy atom. The molecule has 140 valence electrons. The summed E-state index contributed by atoms with van der Waals surface area (Å²) in [5.41, 5.74) is 1.33. The molecule has 5 nitrogen and oxygen atoms in total. The van der Waals surface area contributed by atoms with Crippen molar-refractivity contribution < 1.29 is 9.59 Å². The molecule has 2 aromatic heterocycles. The molecule has 1 aliphatic heterocycles. The molecule has 0 aromatic carbocycles. The lowest BCUT2D eigenvalue weighted by molar-refractivity contribution is -0.136. The van der Waals surface area contributed by atoms with E-state index in [1.54, 1.807) is 17.4 Å². The van der Waals surface area contributed by atoms with Crippen molar-refractivity contribution in [3.8, 4) is 0 Å². The summed E-state index contributed by atoms with van der Waals surface area (Å²) >= 11 is 3.11. The standard InChI is InChI=1S/C19H25N3O2S2/c1-14(2)17(20-18(23)16-4-3-10-26-16)19(24)22-8-6-21(7-9-22)12-15-5-11-25-13-15/h3-5,10-11,13-14,17H,6-9,12H2,1-2H3,(H,20,23)/t17-/m0/s1. The fourth-order valence-electron chi connectivity index (χ4n) is 3.10. The van der Waals surface area contributed by atoms with Crippen LogP contribution >= 0.6 is 22.7 Å². The molecule has 3 heterocycles. The van der Waals surface area contributed by atoms with E-state index in [1.165, 1.54) is 16.9 Å². The molecule has 0 spiro atoms. The van der Waals surface area contributed by atoms with Crippen LogP contribution in [0.15, 0.2) is 34.3 Å². The summed E-state index contributed by atoms with van der Waals surface area (Å²) in [4.78, 5) is 30.2. The van der Waals surface area contributed by atoms with Crippen molar-refractivity contribution in [3.05, 3.63) is 44.8 Å². The van der Waals surface area contributed by atoms with Crippen molar-refractivity contribution in [2.45, 2.75) is 26.4 Å². The van der Waals surface area contributed by atoms with Gasteiger partial charge in [-0.25, -0.2) is 0 Å². The molecule has 0 aliphatic carbocycles. The number of hydrogen-bond acceptors (Lipinski definition) is 5. The van der Waals surface area contributed by atoms with Crippen molar-refractivity contribution in [1.29, 1.82) is 0 Å². The average molecular weight is 392 g/mol. The Kier molecular flexibility index (Phi) is 6.45. The second kappa shape index (κ2) is 8.79. The molecule has 26 heavy (non-hydrogen) atoms. The molecule has 1 saturated heterocycles. The summed E-state index contributed by atoms with van der Waals surface area (Å²) in [6, 6.07) is 5.30. The van der Waals surface area contributed by atoms with E-state index in [2.05, 4.69) is 27.0 Å². The zero-order valence-electron chi connectivity index (χ0n) is 15.2. The highest BCUT2D eigenvalue weighted by atomic mass is 32.1. The molecule has 0 saturated carbocycles. The van der Waals surface area contributed by atoms with Gasteiger partial charge in [-0.3, -0.25) is 14.5 Å². The fraction of sp³-hybridized carbons (Fsp3) is 0.474. The number of rotatable bonds is 6. The van der Waals surface area contributed by atoms with Gasteiger partial charge in [0.05, 0.1) is 4.88 Å². The van der Waals surface area contributed by atoms with Gasteiger partial charge in [0.1, 0.15) is 6.04 Å². The highest BCUT2D eigenvalue weighted by Crippen LogP contribution is 2.15. The third-order valence-corrected chi connectivity index (χ3v) is 6.24. The van der Waals surface area contributed by atoms with Crippen molar-refractivity contribution >= 4 is 34.5 Å². The summed E-state index contributed by atoms with van der Waals surface area (Å²) < 4.78 is 0. The largest absolute Gasteiger partial charge is 0.339 e. The van der Waals surface area contributed by atoms with Crippen molar-refractivity contribution in [2.24, 2.45) is 5.92 Å². The predicted molar refractivity (Wildman–Crippen MR) is 107 cm³/mol. The van der Waals surface area contributed by atoms with E-state index in [-0.39, 0.29) is 17.7 Å². The van der Waals surface area contributed by atoms with Gasteiger partial charge in [0, 0.05) is 32.7 Å². The van der Waals surface area contributed by atoms with Gasteiger partial charge in [0.25, 0.3) is 5.91 Å². The third kappa shape index (κ3) is 4.72. The maximum absolute atomic E-state index is 13.0. The minimum absolute atomic E-state index is 0.0279. The lowest BCUT2D eigenvalue weighted by atomic mass is 10.0. The van der Waals surface area contributed by atoms with E-state index < -0.39 is 6.04 Å². The lowest BCUT2D eigenvalue weighted by Gasteiger charge is -2.37. The van der Waals surface area contributed by atoms with E-state index >= 15 is 0 Å². The molecule has 7 heteroatoms. The molecular formula is C19H25N3O2S2. The smallest absolute Gasteiger partial charge is 0.262 e. The summed E-state index contributed by atoms with van der Waals surface area (Å²) in [5.74, 6) is -0.0847. The van der Waals surface area contributed by atoms with Gasteiger partial charge in [0.2, 0.25) is 5.91 Å². The number of carbonyl (C=O) groups excluding carboxylic acids is 2. The summed E-state index contributed by atoms with van der Waals surface area (Å²) in [6.07, 6.45) is 0. The molecular weight excluding hydrogens is 366 g/mol. The quantitative estimate of drug-likeness (QED) is 0.824. The minimum Gasteiger partial charge on any atom is -0.339 e. The Morgan fingerprint density at radius 3 is 2.50 bits per heavy atom. The fourth-order valence-corrected chi connectivity index (χ4v) is 4.38. The van der Waals surface area contributed by atoms with Crippen LogP contribution in [0.3, 0.4) is 0 Å². The zero-order chi connectivity index (χ0) is 18.5. The van der Waals surface area contributed by atoms with Gasteiger partial charge < -0.3 is 10.2 Å². The molecule has 0 radical (unpaired) electrons. The van der Waals surface area contributed by atoms with Crippen molar-refractivity contribution in [1.82, 2.24) is 15.1 Å². The first-order valence-electron chi connectivity index (χ1n) is 8.91. The first-order chi connectivity index (χ1) is 12.5. The van der Waals surface area contributed by atoms with Gasteiger partial charge in [-0.05, 0) is 39.8 Å². The molecule has 1 fully saturated rings. The van der Waals surface area contributed by atoms with Gasteiger partial charge in [-0.2, -0.15) is 11.3 Å². The van der Waals surface area contributed by atoms with Crippen molar-refractivity contribution in [3.63, 3.8) is 0 Å². The summed E-state index contributed by atoms with van der Waals surface area (Å²) in [5, 5.41) is 9.07. The van der Waals surface area contributed by atoms with Gasteiger partial charge in [-0.1, -0.05) is 19.9 Å². The molecule has 1 aliphatic rings. The molecule has 2 amide bonds. The molecule has 2 aromatic rings.